The van der Waals surface area contributed by atoms with Crippen LogP contribution in [-0.4, -0.2) is 27.2 Å². The SMILES string of the molecule is Cc1ccc(-c2nnc(CCC(=O)NCCCn3ccc4ccccc43)o2)s1. The van der Waals surface area contributed by atoms with Crippen LogP contribution in [0, 0.1) is 6.92 Å². The van der Waals surface area contributed by atoms with Gasteiger partial charge in [-0.3, -0.25) is 4.79 Å². The Labute approximate surface area is 167 Å². The second kappa shape index (κ2) is 8.39. The summed E-state index contributed by atoms with van der Waals surface area (Å²) >= 11 is 1.61. The maximum Gasteiger partial charge on any atom is 0.257 e. The highest BCUT2D eigenvalue weighted by Gasteiger charge is 2.11. The number of carbonyl (C=O) groups is 1. The molecule has 0 fully saturated rings. The molecule has 0 bridgehead atoms. The number of para-hydroxylation sites is 1. The van der Waals surface area contributed by atoms with Crippen LogP contribution in [0.1, 0.15) is 23.6 Å². The van der Waals surface area contributed by atoms with Gasteiger partial charge in [-0.15, -0.1) is 21.5 Å². The first-order valence-corrected chi connectivity index (χ1v) is 10.2. The number of amides is 1. The number of fused-ring (bicyclic) bond motifs is 1. The van der Waals surface area contributed by atoms with Gasteiger partial charge in [-0.25, -0.2) is 0 Å². The molecular formula is C21H22N4O2S. The molecule has 0 aliphatic heterocycles. The Morgan fingerprint density at radius 2 is 2.07 bits per heavy atom. The molecule has 6 nitrogen and oxygen atoms in total. The average molecular weight is 395 g/mol. The van der Waals surface area contributed by atoms with E-state index < -0.39 is 0 Å². The highest BCUT2D eigenvalue weighted by Crippen LogP contribution is 2.26. The lowest BCUT2D eigenvalue weighted by molar-refractivity contribution is -0.121. The van der Waals surface area contributed by atoms with Gasteiger partial charge in [0.25, 0.3) is 5.89 Å². The van der Waals surface area contributed by atoms with Crippen LogP contribution >= 0.6 is 11.3 Å². The quantitative estimate of drug-likeness (QED) is 0.455. The van der Waals surface area contributed by atoms with Crippen LogP contribution in [0.3, 0.4) is 0 Å². The van der Waals surface area contributed by atoms with Crippen LogP contribution < -0.4 is 5.32 Å². The molecule has 1 amide bonds. The van der Waals surface area contributed by atoms with Crippen molar-refractivity contribution in [3.8, 4) is 10.8 Å². The topological polar surface area (TPSA) is 73.0 Å². The van der Waals surface area contributed by atoms with Crippen molar-refractivity contribution < 1.29 is 9.21 Å². The van der Waals surface area contributed by atoms with Crippen molar-refractivity contribution in [1.82, 2.24) is 20.1 Å². The van der Waals surface area contributed by atoms with E-state index in [-0.39, 0.29) is 5.91 Å². The second-order valence-electron chi connectivity index (χ2n) is 6.68. The number of carbonyl (C=O) groups excluding carboxylic acids is 1. The van der Waals surface area contributed by atoms with E-state index in [9.17, 15) is 4.79 Å². The van der Waals surface area contributed by atoms with E-state index in [4.69, 9.17) is 4.42 Å². The maximum absolute atomic E-state index is 12.1. The van der Waals surface area contributed by atoms with Crippen molar-refractivity contribution in [2.24, 2.45) is 0 Å². The summed E-state index contributed by atoms with van der Waals surface area (Å²) in [6.45, 7) is 3.56. The van der Waals surface area contributed by atoms with E-state index in [0.717, 1.165) is 17.8 Å². The summed E-state index contributed by atoms with van der Waals surface area (Å²) in [4.78, 5) is 14.2. The van der Waals surface area contributed by atoms with Gasteiger partial charge in [0.1, 0.15) is 0 Å². The van der Waals surface area contributed by atoms with E-state index in [1.807, 2.05) is 31.2 Å². The Morgan fingerprint density at radius 1 is 1.18 bits per heavy atom. The predicted octanol–water partition coefficient (Wildman–Crippen LogP) is 4.20. The number of aromatic nitrogens is 3. The lowest BCUT2D eigenvalue weighted by Crippen LogP contribution is -2.25. The van der Waals surface area contributed by atoms with Gasteiger partial charge in [0.2, 0.25) is 11.8 Å². The van der Waals surface area contributed by atoms with Gasteiger partial charge >= 0.3 is 0 Å². The molecule has 4 aromatic rings. The fraction of sp³-hybridized carbons (Fsp3) is 0.286. The average Bonchev–Trinajstić information content (AvgIpc) is 3.43. The third-order valence-electron chi connectivity index (χ3n) is 4.56. The Kier molecular flexibility index (Phi) is 5.53. The number of rotatable bonds is 8. The molecule has 0 spiro atoms. The third-order valence-corrected chi connectivity index (χ3v) is 5.55. The minimum atomic E-state index is 0.00378. The smallest absolute Gasteiger partial charge is 0.257 e. The molecular weight excluding hydrogens is 372 g/mol. The Hall–Kier alpha value is -2.93. The summed E-state index contributed by atoms with van der Waals surface area (Å²) in [5.74, 6) is 1.02. The van der Waals surface area contributed by atoms with Gasteiger partial charge in [0.15, 0.2) is 0 Å². The molecule has 0 atom stereocenters. The lowest BCUT2D eigenvalue weighted by Gasteiger charge is -2.07. The zero-order chi connectivity index (χ0) is 19.3. The normalized spacial score (nSPS) is 11.2. The van der Waals surface area contributed by atoms with Crippen molar-refractivity contribution in [2.45, 2.75) is 32.7 Å². The first-order valence-electron chi connectivity index (χ1n) is 9.39. The number of aryl methyl sites for hydroxylation is 3. The van der Waals surface area contributed by atoms with Crippen molar-refractivity contribution in [2.75, 3.05) is 6.54 Å². The van der Waals surface area contributed by atoms with Crippen LogP contribution in [-0.2, 0) is 17.8 Å². The zero-order valence-corrected chi connectivity index (χ0v) is 16.5. The summed E-state index contributed by atoms with van der Waals surface area (Å²) < 4.78 is 7.87. The number of nitrogens with one attached hydrogen (secondary N) is 1. The molecule has 28 heavy (non-hydrogen) atoms. The van der Waals surface area contributed by atoms with Crippen molar-refractivity contribution in [3.63, 3.8) is 0 Å². The molecule has 0 unspecified atom stereocenters. The Balaban J connectivity index is 1.19. The van der Waals surface area contributed by atoms with Gasteiger partial charge in [0.05, 0.1) is 4.88 Å². The lowest BCUT2D eigenvalue weighted by atomic mass is 10.2. The minimum Gasteiger partial charge on any atom is -0.420 e. The van der Waals surface area contributed by atoms with Gasteiger partial charge in [-0.2, -0.15) is 0 Å². The molecule has 3 heterocycles. The third kappa shape index (κ3) is 4.31. The summed E-state index contributed by atoms with van der Waals surface area (Å²) in [5.41, 5.74) is 1.22. The highest BCUT2D eigenvalue weighted by atomic mass is 32.1. The molecule has 144 valence electrons. The first kappa shape index (κ1) is 18.4. The fourth-order valence-corrected chi connectivity index (χ4v) is 3.91. The molecule has 4 rings (SSSR count). The predicted molar refractivity (Wildman–Crippen MR) is 110 cm³/mol. The number of nitrogens with zero attached hydrogens (tertiary/aromatic N) is 3. The minimum absolute atomic E-state index is 0.00378. The molecule has 1 aromatic carbocycles. The molecule has 0 aliphatic rings. The van der Waals surface area contributed by atoms with E-state index in [1.165, 1.54) is 15.8 Å². The monoisotopic (exact) mass is 394 g/mol. The zero-order valence-electron chi connectivity index (χ0n) is 15.7. The van der Waals surface area contributed by atoms with Gasteiger partial charge in [0, 0.05) is 42.5 Å². The standard InChI is InChI=1S/C21H22N4O2S/c1-15-7-8-18(28-15)21-24-23-20(27-21)10-9-19(26)22-12-4-13-25-14-11-16-5-2-3-6-17(16)25/h2-3,5-8,11,14H,4,9-10,12-13H2,1H3,(H,22,26). The van der Waals surface area contributed by atoms with E-state index in [1.54, 1.807) is 11.3 Å². The molecule has 1 N–H and O–H groups in total. The van der Waals surface area contributed by atoms with E-state index >= 15 is 0 Å². The van der Waals surface area contributed by atoms with Gasteiger partial charge in [-0.1, -0.05) is 18.2 Å². The number of hydrogen-bond acceptors (Lipinski definition) is 5. The molecule has 0 aliphatic carbocycles. The second-order valence-corrected chi connectivity index (χ2v) is 7.97. The summed E-state index contributed by atoms with van der Waals surface area (Å²) in [6.07, 6.45) is 3.77. The van der Waals surface area contributed by atoms with Crippen LogP contribution in [0.15, 0.2) is 53.1 Å². The summed E-state index contributed by atoms with van der Waals surface area (Å²) in [7, 11) is 0. The largest absolute Gasteiger partial charge is 0.420 e. The van der Waals surface area contributed by atoms with Gasteiger partial charge in [-0.05, 0) is 43.0 Å². The van der Waals surface area contributed by atoms with Crippen molar-refractivity contribution >= 4 is 28.1 Å². The number of hydrogen-bond donors (Lipinski definition) is 1. The molecule has 3 aromatic heterocycles. The summed E-state index contributed by atoms with van der Waals surface area (Å²) in [5, 5.41) is 12.3. The first-order chi connectivity index (χ1) is 13.7. The van der Waals surface area contributed by atoms with Crippen LogP contribution in [0.2, 0.25) is 0 Å². The highest BCUT2D eigenvalue weighted by molar-refractivity contribution is 7.15. The van der Waals surface area contributed by atoms with Crippen LogP contribution in [0.4, 0.5) is 0 Å². The molecule has 7 heteroatoms. The van der Waals surface area contributed by atoms with Crippen molar-refractivity contribution in [3.05, 3.63) is 59.4 Å². The molecule has 0 saturated heterocycles. The maximum atomic E-state index is 12.1. The van der Waals surface area contributed by atoms with Crippen LogP contribution in [0.5, 0.6) is 0 Å². The summed E-state index contributed by atoms with van der Waals surface area (Å²) in [6, 6.07) is 14.4. The number of thiophene rings is 1. The van der Waals surface area contributed by atoms with Gasteiger partial charge < -0.3 is 14.3 Å². The van der Waals surface area contributed by atoms with Crippen LogP contribution in [0.25, 0.3) is 21.7 Å². The molecule has 0 saturated carbocycles. The van der Waals surface area contributed by atoms with E-state index in [2.05, 4.69) is 44.5 Å². The molecule has 0 radical (unpaired) electrons. The van der Waals surface area contributed by atoms with Crippen molar-refractivity contribution in [1.29, 1.82) is 0 Å². The number of benzene rings is 1. The fourth-order valence-electron chi connectivity index (χ4n) is 3.13. The Morgan fingerprint density at radius 3 is 2.93 bits per heavy atom. The van der Waals surface area contributed by atoms with E-state index in [0.29, 0.717) is 31.2 Å². The Bertz CT molecular complexity index is 1080.